The summed E-state index contributed by atoms with van der Waals surface area (Å²) in [6.45, 7) is 0.182. The molecule has 28 heavy (non-hydrogen) atoms. The fourth-order valence-corrected chi connectivity index (χ4v) is 3.36. The summed E-state index contributed by atoms with van der Waals surface area (Å²) in [5, 5.41) is 7.92. The third-order valence-corrected chi connectivity index (χ3v) is 5.13. The zero-order chi connectivity index (χ0) is 19.3. The first-order chi connectivity index (χ1) is 13.5. The maximum atomic E-state index is 14.1. The molecule has 1 fully saturated rings. The van der Waals surface area contributed by atoms with Crippen LogP contribution in [0.4, 0.5) is 19.1 Å². The van der Waals surface area contributed by atoms with Gasteiger partial charge in [-0.15, -0.1) is 0 Å². The Hall–Kier alpha value is -3.17. The van der Waals surface area contributed by atoms with Crippen LogP contribution in [0.1, 0.15) is 31.4 Å². The molecule has 4 heterocycles. The van der Waals surface area contributed by atoms with E-state index in [2.05, 4.69) is 30.4 Å². The lowest BCUT2D eigenvalue weighted by Crippen LogP contribution is -2.39. The monoisotopic (exact) mass is 387 g/mol. The molecule has 0 aromatic carbocycles. The van der Waals surface area contributed by atoms with Crippen molar-refractivity contribution >= 4 is 22.6 Å². The second-order valence-electron chi connectivity index (χ2n) is 6.99. The largest absolute Gasteiger partial charge is 0.351 e. The fraction of sp³-hybridized carbons (Fsp3) is 0.333. The SMILES string of the molecule is FC(F)c1cnc2ccc(-c3c[nH]c4nc(NCC5(F)CCC5)ncc34)nn12. The molecular weight excluding hydrogens is 371 g/mol. The molecule has 1 saturated carbocycles. The van der Waals surface area contributed by atoms with Gasteiger partial charge in [0.25, 0.3) is 6.43 Å². The molecule has 4 aromatic rings. The number of aromatic nitrogens is 6. The van der Waals surface area contributed by atoms with Gasteiger partial charge in [0.15, 0.2) is 5.65 Å². The summed E-state index contributed by atoms with van der Waals surface area (Å²) in [4.78, 5) is 15.6. The number of fused-ring (bicyclic) bond motifs is 2. The highest BCUT2D eigenvalue weighted by atomic mass is 19.3. The van der Waals surface area contributed by atoms with Gasteiger partial charge < -0.3 is 10.3 Å². The Morgan fingerprint density at radius 1 is 1.21 bits per heavy atom. The molecule has 4 aromatic heterocycles. The molecular formula is C18H16F3N7. The maximum absolute atomic E-state index is 14.1. The summed E-state index contributed by atoms with van der Waals surface area (Å²) in [5.74, 6) is 0.336. The molecule has 0 saturated heterocycles. The van der Waals surface area contributed by atoms with Gasteiger partial charge in [0.2, 0.25) is 5.95 Å². The molecule has 5 rings (SSSR count). The molecule has 0 unspecified atom stereocenters. The highest BCUT2D eigenvalue weighted by molar-refractivity contribution is 5.92. The normalized spacial score (nSPS) is 16.0. The van der Waals surface area contributed by atoms with E-state index in [0.717, 1.165) is 17.1 Å². The number of nitrogens with one attached hydrogen (secondary N) is 2. The number of anilines is 1. The molecule has 7 nitrogen and oxygen atoms in total. The molecule has 0 spiro atoms. The van der Waals surface area contributed by atoms with Gasteiger partial charge in [-0.1, -0.05) is 0 Å². The van der Waals surface area contributed by atoms with Crippen molar-refractivity contribution in [2.24, 2.45) is 0 Å². The number of imidazole rings is 1. The molecule has 0 amide bonds. The molecule has 0 radical (unpaired) electrons. The Labute approximate surface area is 157 Å². The Morgan fingerprint density at radius 2 is 2.07 bits per heavy atom. The second kappa shape index (κ2) is 6.18. The highest BCUT2D eigenvalue weighted by Crippen LogP contribution is 2.35. The van der Waals surface area contributed by atoms with Gasteiger partial charge >= 0.3 is 0 Å². The van der Waals surface area contributed by atoms with Crippen LogP contribution in [0.2, 0.25) is 0 Å². The molecule has 1 aliphatic rings. The first-order valence-corrected chi connectivity index (χ1v) is 8.93. The molecule has 0 atom stereocenters. The number of hydrogen-bond acceptors (Lipinski definition) is 5. The zero-order valence-electron chi connectivity index (χ0n) is 14.7. The number of hydrogen-bond donors (Lipinski definition) is 2. The van der Waals surface area contributed by atoms with Gasteiger partial charge in [0.05, 0.1) is 18.4 Å². The lowest BCUT2D eigenvalue weighted by Gasteiger charge is -2.33. The maximum Gasteiger partial charge on any atom is 0.282 e. The molecule has 2 N–H and O–H groups in total. The number of H-pyrrole nitrogens is 1. The van der Waals surface area contributed by atoms with Gasteiger partial charge in [-0.25, -0.2) is 27.7 Å². The number of rotatable bonds is 5. The van der Waals surface area contributed by atoms with E-state index in [1.54, 1.807) is 24.5 Å². The molecule has 10 heteroatoms. The average Bonchev–Trinajstić information content (AvgIpc) is 3.27. The Morgan fingerprint density at radius 3 is 2.82 bits per heavy atom. The van der Waals surface area contributed by atoms with E-state index in [1.165, 1.54) is 0 Å². The van der Waals surface area contributed by atoms with Gasteiger partial charge in [-0.2, -0.15) is 10.1 Å². The summed E-state index contributed by atoms with van der Waals surface area (Å²) in [6, 6.07) is 3.33. The zero-order valence-corrected chi connectivity index (χ0v) is 14.7. The fourth-order valence-electron chi connectivity index (χ4n) is 3.36. The van der Waals surface area contributed by atoms with Crippen LogP contribution >= 0.6 is 0 Å². The smallest absolute Gasteiger partial charge is 0.282 e. The van der Waals surface area contributed by atoms with Crippen molar-refractivity contribution in [3.8, 4) is 11.3 Å². The van der Waals surface area contributed by atoms with E-state index >= 15 is 0 Å². The van der Waals surface area contributed by atoms with Crippen molar-refractivity contribution in [3.05, 3.63) is 36.4 Å². The van der Waals surface area contributed by atoms with E-state index in [4.69, 9.17) is 0 Å². The lowest BCUT2D eigenvalue weighted by atomic mass is 9.82. The first kappa shape index (κ1) is 17.0. The Bertz CT molecular complexity index is 1160. The number of halogens is 3. The quantitative estimate of drug-likeness (QED) is 0.542. The van der Waals surface area contributed by atoms with E-state index in [1.807, 2.05) is 0 Å². The van der Waals surface area contributed by atoms with Crippen LogP contribution < -0.4 is 5.32 Å². The summed E-state index contributed by atoms with van der Waals surface area (Å²) in [5.41, 5.74) is 0.619. The van der Waals surface area contributed by atoms with Crippen LogP contribution in [0.5, 0.6) is 0 Å². The predicted octanol–water partition coefficient (Wildman–Crippen LogP) is 3.91. The van der Waals surface area contributed by atoms with Crippen molar-refractivity contribution < 1.29 is 13.2 Å². The van der Waals surface area contributed by atoms with Gasteiger partial charge in [0, 0.05) is 23.3 Å². The van der Waals surface area contributed by atoms with Crippen LogP contribution in [0, 0.1) is 0 Å². The molecule has 1 aliphatic carbocycles. The van der Waals surface area contributed by atoms with Crippen molar-refractivity contribution in [1.82, 2.24) is 29.5 Å². The first-order valence-electron chi connectivity index (χ1n) is 8.93. The Kier molecular flexibility index (Phi) is 3.74. The van der Waals surface area contributed by atoms with Crippen molar-refractivity contribution in [3.63, 3.8) is 0 Å². The van der Waals surface area contributed by atoms with Crippen molar-refractivity contribution in [2.45, 2.75) is 31.4 Å². The third kappa shape index (κ3) is 2.76. The van der Waals surface area contributed by atoms with E-state index in [9.17, 15) is 13.2 Å². The molecule has 144 valence electrons. The minimum absolute atomic E-state index is 0.182. The lowest BCUT2D eigenvalue weighted by molar-refractivity contribution is 0.0782. The minimum Gasteiger partial charge on any atom is -0.351 e. The Balaban J connectivity index is 1.47. The summed E-state index contributed by atoms with van der Waals surface area (Å²) in [6.07, 6.45) is 3.75. The average molecular weight is 387 g/mol. The topological polar surface area (TPSA) is 83.8 Å². The summed E-state index contributed by atoms with van der Waals surface area (Å²) < 4.78 is 41.5. The van der Waals surface area contributed by atoms with Crippen LogP contribution in [-0.2, 0) is 0 Å². The predicted molar refractivity (Wildman–Crippen MR) is 97.0 cm³/mol. The van der Waals surface area contributed by atoms with Crippen molar-refractivity contribution in [2.75, 3.05) is 11.9 Å². The molecule has 0 bridgehead atoms. The number of aromatic amines is 1. The number of nitrogens with zero attached hydrogens (tertiary/aromatic N) is 5. The van der Waals surface area contributed by atoms with E-state index in [-0.39, 0.29) is 12.2 Å². The van der Waals surface area contributed by atoms with Gasteiger partial charge in [0.1, 0.15) is 17.0 Å². The van der Waals surface area contributed by atoms with Crippen molar-refractivity contribution in [1.29, 1.82) is 0 Å². The van der Waals surface area contributed by atoms with Crippen LogP contribution in [0.15, 0.2) is 30.7 Å². The van der Waals surface area contributed by atoms with Gasteiger partial charge in [-0.05, 0) is 31.4 Å². The standard InChI is InChI=1S/C18H16F3N7/c19-15(20)13-8-22-14-3-2-12(27-28(13)14)10-6-23-16-11(10)7-24-17(26-16)25-9-18(21)4-1-5-18/h2-3,6-8,15H,1,4-5,9H2,(H2,23,24,25,26). The van der Waals surface area contributed by atoms with Crippen LogP contribution in [0.3, 0.4) is 0 Å². The number of alkyl halides is 3. The minimum atomic E-state index is -2.67. The summed E-state index contributed by atoms with van der Waals surface area (Å²) >= 11 is 0. The highest BCUT2D eigenvalue weighted by Gasteiger charge is 2.36. The summed E-state index contributed by atoms with van der Waals surface area (Å²) in [7, 11) is 0. The van der Waals surface area contributed by atoms with E-state index < -0.39 is 12.1 Å². The molecule has 0 aliphatic heterocycles. The van der Waals surface area contributed by atoms with E-state index in [0.29, 0.717) is 46.7 Å². The van der Waals surface area contributed by atoms with Crippen LogP contribution in [-0.4, -0.2) is 41.8 Å². The second-order valence-corrected chi connectivity index (χ2v) is 6.99. The van der Waals surface area contributed by atoms with Crippen LogP contribution in [0.25, 0.3) is 27.9 Å². The third-order valence-electron chi connectivity index (χ3n) is 5.13. The van der Waals surface area contributed by atoms with Gasteiger partial charge in [-0.3, -0.25) is 0 Å².